The largest absolute Gasteiger partial charge is 0.483 e. The standard InChI is InChI=1S/C3H10O3Si.C2H8O2Si.CH6OSi/c1-4-7(5-2)6-3;1-3-5-4-2;1-2-3/h7H,1-3H3;5H2,1-2H3;1,3H3/i7D;5D2;3D3. The minimum atomic E-state index is -3.38. The van der Waals surface area contributed by atoms with Crippen LogP contribution in [0.25, 0.3) is 0 Å². The van der Waals surface area contributed by atoms with Gasteiger partial charge in [-0.15, -0.1) is 0 Å². The lowest BCUT2D eigenvalue weighted by molar-refractivity contribution is 0.163. The summed E-state index contributed by atoms with van der Waals surface area (Å²) in [5.41, 5.74) is 0. The van der Waals surface area contributed by atoms with Gasteiger partial charge in [-0.05, 0) is 0 Å². The van der Waals surface area contributed by atoms with Crippen LogP contribution in [-0.2, 0) is 26.6 Å². The molecule has 96 valence electrons. The quantitative estimate of drug-likeness (QED) is 0.517. The fraction of sp³-hybridized carbons (Fsp3) is 1.00. The van der Waals surface area contributed by atoms with Gasteiger partial charge in [0.15, 0.2) is 0 Å². The van der Waals surface area contributed by atoms with E-state index in [2.05, 4.69) is 26.6 Å². The van der Waals surface area contributed by atoms with E-state index in [4.69, 9.17) is 7.41 Å². The van der Waals surface area contributed by atoms with Crippen LogP contribution in [0.1, 0.15) is 0 Å². The van der Waals surface area contributed by atoms with Gasteiger partial charge in [0.05, 0.1) is 2.47 Å². The van der Waals surface area contributed by atoms with Crippen LogP contribution in [-0.4, -0.2) is 79.7 Å². The summed E-state index contributed by atoms with van der Waals surface area (Å²) in [5, 5.41) is 0. The molecule has 0 aliphatic rings. The van der Waals surface area contributed by atoms with Crippen molar-refractivity contribution in [3.8, 4) is 0 Å². The topological polar surface area (TPSA) is 55.4 Å². The van der Waals surface area contributed by atoms with Gasteiger partial charge < -0.3 is 26.6 Å². The van der Waals surface area contributed by atoms with Gasteiger partial charge in [-0.25, -0.2) is 0 Å². The molecule has 6 nitrogen and oxygen atoms in total. The lowest BCUT2D eigenvalue weighted by atomic mass is 11.8. The molecule has 0 aromatic rings. The maximum Gasteiger partial charge on any atom is 0.483 e. The highest BCUT2D eigenvalue weighted by atomic mass is 28.3. The van der Waals surface area contributed by atoms with Gasteiger partial charge in [-0.2, -0.15) is 0 Å². The first-order chi connectivity index (χ1) is 9.36. The Labute approximate surface area is 107 Å². The normalized spacial score (nSPS) is 17.2. The molecular weight excluding hydrogens is 252 g/mol. The number of rotatable bonds is 6. The van der Waals surface area contributed by atoms with E-state index in [-0.39, 0.29) is 0 Å². The van der Waals surface area contributed by atoms with Crippen LogP contribution < -0.4 is 0 Å². The van der Waals surface area contributed by atoms with Crippen molar-refractivity contribution in [3.63, 3.8) is 0 Å². The zero-order valence-electron chi connectivity index (χ0n) is 15.9. The van der Waals surface area contributed by atoms with E-state index >= 15 is 0 Å². The summed E-state index contributed by atoms with van der Waals surface area (Å²) in [6, 6.07) is 0. The molecule has 0 radical (unpaired) electrons. The first-order valence-electron chi connectivity index (χ1n) is 6.67. The lowest BCUT2D eigenvalue weighted by Gasteiger charge is -2.05. The SMILES string of the molecule is [2H][Si](OC)(OC)OC.[2H][Si]([2H])(OC)OC.[2H][Si]([2H])([2H])OC. The zero-order valence-corrected chi connectivity index (χ0v) is 12.9. The third-order valence-corrected chi connectivity index (χ3v) is 2.00. The van der Waals surface area contributed by atoms with E-state index in [0.29, 0.717) is 0 Å². The molecule has 0 aromatic carbocycles. The predicted molar refractivity (Wildman–Crippen MR) is 67.7 cm³/mol. The monoisotopic (exact) mass is 282 g/mol. The van der Waals surface area contributed by atoms with Crippen molar-refractivity contribution in [2.24, 2.45) is 0 Å². The summed E-state index contributed by atoms with van der Waals surface area (Å²) in [4.78, 5) is 0. The molecule has 0 bridgehead atoms. The van der Waals surface area contributed by atoms with Gasteiger partial charge in [0, 0.05) is 46.4 Å². The molecule has 0 saturated carbocycles. The Hall–Kier alpha value is 0.411. The maximum atomic E-state index is 7.14. The average Bonchev–Trinajstić information content (AvgIpc) is 2.47. The highest BCUT2D eigenvalue weighted by Gasteiger charge is 2.04. The Bertz CT molecular complexity index is 227. The molecule has 9 heteroatoms. The van der Waals surface area contributed by atoms with Crippen LogP contribution in [0, 0.1) is 0 Å². The fourth-order valence-corrected chi connectivity index (χ4v) is 1.00. The third kappa shape index (κ3) is 31.4. The Balaban J connectivity index is -0.000000234. The lowest BCUT2D eigenvalue weighted by Crippen LogP contribution is -2.21. The molecule has 0 amide bonds. The van der Waals surface area contributed by atoms with Crippen LogP contribution in [0.15, 0.2) is 0 Å². The first kappa shape index (κ1) is 9.44. The Kier molecular flexibility index (Phi) is 15.1. The summed E-state index contributed by atoms with van der Waals surface area (Å²) < 4.78 is 66.5. The molecule has 0 aliphatic carbocycles. The van der Waals surface area contributed by atoms with E-state index in [1.54, 1.807) is 0 Å². The third-order valence-electron chi connectivity index (χ3n) is 0.667. The summed E-state index contributed by atoms with van der Waals surface area (Å²) in [5.74, 6) is 0. The summed E-state index contributed by atoms with van der Waals surface area (Å²) in [7, 11) is -1.46. The van der Waals surface area contributed by atoms with Crippen molar-refractivity contribution in [3.05, 3.63) is 0 Å². The predicted octanol–water partition coefficient (Wildman–Crippen LogP) is -2.17. The molecule has 0 heterocycles. The highest BCUT2D eigenvalue weighted by Crippen LogP contribution is 1.81. The Morgan fingerprint density at radius 1 is 1.07 bits per heavy atom. The van der Waals surface area contributed by atoms with E-state index in [9.17, 15) is 0 Å². The van der Waals surface area contributed by atoms with Gasteiger partial charge >= 0.3 is 19.3 Å². The molecule has 0 aromatic heterocycles. The van der Waals surface area contributed by atoms with Gasteiger partial charge in [-0.3, -0.25) is 0 Å². The molecule has 0 aliphatic heterocycles. The average molecular weight is 283 g/mol. The van der Waals surface area contributed by atoms with Crippen molar-refractivity contribution < 1.29 is 26.6 Å². The molecule has 0 rings (SSSR count). The van der Waals surface area contributed by atoms with Gasteiger partial charge in [0.1, 0.15) is 11.5 Å². The molecule has 0 unspecified atom stereocenters. The van der Waals surface area contributed by atoms with Crippen molar-refractivity contribution in [1.82, 2.24) is 0 Å². The van der Waals surface area contributed by atoms with Gasteiger partial charge in [0.2, 0.25) is 0 Å². The summed E-state index contributed by atoms with van der Waals surface area (Å²) >= 11 is 0. The van der Waals surface area contributed by atoms with Crippen LogP contribution in [0.5, 0.6) is 0 Å². The zero-order chi connectivity index (χ0) is 17.7. The molecule has 0 atom stereocenters. The van der Waals surface area contributed by atoms with E-state index in [1.807, 2.05) is 0 Å². The van der Waals surface area contributed by atoms with Crippen LogP contribution in [0.4, 0.5) is 0 Å². The van der Waals surface area contributed by atoms with Crippen molar-refractivity contribution >= 4 is 29.6 Å². The number of hydrogen-bond donors (Lipinski definition) is 0. The first-order valence-corrected chi connectivity index (χ1v) is 6.12. The minimum Gasteiger partial charge on any atom is -0.431 e. The molecule has 0 fully saturated rings. The smallest absolute Gasteiger partial charge is 0.431 e. The molecule has 0 saturated heterocycles. The highest BCUT2D eigenvalue weighted by molar-refractivity contribution is 6.36. The second kappa shape index (κ2) is 23.9. The summed E-state index contributed by atoms with van der Waals surface area (Å²) in [6.07, 6.45) is 0. The van der Waals surface area contributed by atoms with E-state index < -0.39 is 29.6 Å². The van der Waals surface area contributed by atoms with Crippen molar-refractivity contribution in [2.45, 2.75) is 0 Å². The van der Waals surface area contributed by atoms with E-state index in [0.717, 1.165) is 0 Å². The molecule has 15 heavy (non-hydrogen) atoms. The minimum absolute atomic E-state index is 1.21. The van der Waals surface area contributed by atoms with Crippen molar-refractivity contribution in [1.29, 1.82) is 7.41 Å². The van der Waals surface area contributed by atoms with E-state index in [1.165, 1.54) is 42.7 Å². The fourth-order valence-electron chi connectivity index (χ4n) is 0.333. The number of hydrogen-bond acceptors (Lipinski definition) is 6. The van der Waals surface area contributed by atoms with Crippen LogP contribution in [0.2, 0.25) is 0 Å². The van der Waals surface area contributed by atoms with Gasteiger partial charge in [0.25, 0.3) is 0 Å². The molecule has 0 spiro atoms. The Morgan fingerprint density at radius 3 is 1.40 bits per heavy atom. The second-order valence-electron chi connectivity index (χ2n) is 1.56. The maximum absolute atomic E-state index is 7.14. The van der Waals surface area contributed by atoms with Crippen LogP contribution >= 0.6 is 0 Å². The molecule has 0 N–H and O–H groups in total. The van der Waals surface area contributed by atoms with Crippen molar-refractivity contribution in [2.75, 3.05) is 42.7 Å². The van der Waals surface area contributed by atoms with Gasteiger partial charge in [-0.1, -0.05) is 0 Å². The second-order valence-corrected chi connectivity index (χ2v) is 4.67. The summed E-state index contributed by atoms with van der Waals surface area (Å²) in [6.45, 7) is 0. The Morgan fingerprint density at radius 2 is 1.40 bits per heavy atom. The van der Waals surface area contributed by atoms with Crippen LogP contribution in [0.3, 0.4) is 0 Å². The molecular formula is C6H24O6Si3.